The zero-order chi connectivity index (χ0) is 15.7. The highest BCUT2D eigenvalue weighted by Gasteiger charge is 2.20. The van der Waals surface area contributed by atoms with Crippen LogP contribution in [0.4, 0.5) is 0 Å². The molecule has 3 aromatic heterocycles. The first-order valence-electron chi connectivity index (χ1n) is 6.25. The zero-order valence-corrected chi connectivity index (χ0v) is 11.7. The number of aryl methyl sites for hydroxylation is 1. The van der Waals surface area contributed by atoms with E-state index in [1.807, 2.05) is 0 Å². The monoisotopic (exact) mass is 308 g/mol. The maximum atomic E-state index is 11.9. The SMILES string of the molecule is [3H]c1csc(OCc2c(-n3nnn(C)c3=O)noc2C=C)n1. The quantitative estimate of drug-likeness (QED) is 0.681. The Morgan fingerprint density at radius 1 is 1.62 bits per heavy atom. The summed E-state index contributed by atoms with van der Waals surface area (Å²) in [5, 5.41) is 13.0. The molecular weight excluding hydrogens is 296 g/mol. The largest absolute Gasteiger partial charge is 0.465 e. The Bertz CT molecular complexity index is 879. The van der Waals surface area contributed by atoms with Crippen LogP contribution in [0.15, 0.2) is 27.4 Å². The van der Waals surface area contributed by atoms with Crippen molar-refractivity contribution in [2.45, 2.75) is 6.61 Å². The van der Waals surface area contributed by atoms with E-state index in [2.05, 4.69) is 27.1 Å². The van der Waals surface area contributed by atoms with E-state index < -0.39 is 5.69 Å². The highest BCUT2D eigenvalue weighted by Crippen LogP contribution is 2.21. The van der Waals surface area contributed by atoms with E-state index in [0.717, 1.165) is 9.36 Å². The topological polar surface area (TPSA) is 101 Å². The normalized spacial score (nSPS) is 11.4. The van der Waals surface area contributed by atoms with Gasteiger partial charge in [0, 0.05) is 18.6 Å². The molecule has 0 saturated heterocycles. The lowest BCUT2D eigenvalue weighted by Crippen LogP contribution is -2.23. The molecule has 0 bridgehead atoms. The van der Waals surface area contributed by atoms with Crippen LogP contribution in [0.1, 0.15) is 12.7 Å². The van der Waals surface area contributed by atoms with Crippen LogP contribution >= 0.6 is 11.3 Å². The number of thiazole rings is 1. The Labute approximate surface area is 123 Å². The van der Waals surface area contributed by atoms with E-state index in [4.69, 9.17) is 10.6 Å². The lowest BCUT2D eigenvalue weighted by Gasteiger charge is -2.02. The molecule has 3 rings (SSSR count). The molecule has 108 valence electrons. The average Bonchev–Trinajstić information content (AvgIpc) is 3.18. The van der Waals surface area contributed by atoms with Gasteiger partial charge >= 0.3 is 5.69 Å². The molecule has 0 saturated carbocycles. The van der Waals surface area contributed by atoms with Gasteiger partial charge in [0.05, 0.1) is 6.93 Å². The van der Waals surface area contributed by atoms with Gasteiger partial charge in [0.15, 0.2) is 5.76 Å². The molecule has 0 aliphatic carbocycles. The van der Waals surface area contributed by atoms with Crippen LogP contribution < -0.4 is 10.4 Å². The van der Waals surface area contributed by atoms with E-state index in [-0.39, 0.29) is 18.6 Å². The van der Waals surface area contributed by atoms with Gasteiger partial charge in [-0.05, 0) is 16.5 Å². The zero-order valence-electron chi connectivity index (χ0n) is 11.9. The van der Waals surface area contributed by atoms with Crippen molar-refractivity contribution in [1.29, 1.82) is 0 Å². The van der Waals surface area contributed by atoms with Crippen LogP contribution in [0.2, 0.25) is 0 Å². The Hall–Kier alpha value is -2.75. The van der Waals surface area contributed by atoms with Crippen molar-refractivity contribution in [1.82, 2.24) is 29.9 Å². The molecule has 0 spiro atoms. The molecule has 0 unspecified atom stereocenters. The third-order valence-electron chi connectivity index (χ3n) is 2.61. The number of hydrogen-bond donors (Lipinski definition) is 0. The molecule has 10 heteroatoms. The Morgan fingerprint density at radius 2 is 2.48 bits per heavy atom. The van der Waals surface area contributed by atoms with Gasteiger partial charge < -0.3 is 9.26 Å². The summed E-state index contributed by atoms with van der Waals surface area (Å²) in [4.78, 5) is 15.8. The van der Waals surface area contributed by atoms with Crippen LogP contribution in [-0.2, 0) is 13.7 Å². The second-order valence-electron chi connectivity index (χ2n) is 3.88. The van der Waals surface area contributed by atoms with Gasteiger partial charge in [-0.15, -0.1) is 4.68 Å². The number of rotatable bonds is 5. The average molecular weight is 308 g/mol. The van der Waals surface area contributed by atoms with Crippen LogP contribution in [0, 0.1) is 0 Å². The highest BCUT2D eigenvalue weighted by molar-refractivity contribution is 7.11. The van der Waals surface area contributed by atoms with Gasteiger partial charge in [0.2, 0.25) is 5.82 Å². The van der Waals surface area contributed by atoms with Crippen LogP contribution in [0.3, 0.4) is 0 Å². The minimum Gasteiger partial charge on any atom is -0.465 e. The Morgan fingerprint density at radius 3 is 3.10 bits per heavy atom. The summed E-state index contributed by atoms with van der Waals surface area (Å²) in [6.45, 7) is 3.66. The van der Waals surface area contributed by atoms with E-state index >= 15 is 0 Å². The van der Waals surface area contributed by atoms with Crippen LogP contribution in [0.5, 0.6) is 5.19 Å². The standard InChI is InChI=1S/C11H10N6O3S/c1-3-8-7(6-19-10-12-4-5-21-10)9(13-20-8)17-11(18)16(2)14-15-17/h3-5H,1,6H2,2H3/i4T. The fourth-order valence-corrected chi connectivity index (χ4v) is 2.04. The van der Waals surface area contributed by atoms with Crippen molar-refractivity contribution < 1.29 is 10.6 Å². The molecular formula is C11H10N6O3S. The molecule has 0 aliphatic heterocycles. The fraction of sp³-hybridized carbons (Fsp3) is 0.182. The lowest BCUT2D eigenvalue weighted by atomic mass is 10.2. The van der Waals surface area contributed by atoms with Crippen molar-refractivity contribution in [3.05, 3.63) is 39.9 Å². The molecule has 3 aromatic rings. The fourth-order valence-electron chi connectivity index (χ4n) is 1.60. The third-order valence-corrected chi connectivity index (χ3v) is 3.25. The van der Waals surface area contributed by atoms with E-state index in [1.54, 1.807) is 5.38 Å². The van der Waals surface area contributed by atoms with Gasteiger partial charge in [-0.3, -0.25) is 0 Å². The summed E-state index contributed by atoms with van der Waals surface area (Å²) in [6, 6.07) is 0. The molecule has 0 aromatic carbocycles. The van der Waals surface area contributed by atoms with Gasteiger partial charge in [-0.1, -0.05) is 23.1 Å². The van der Waals surface area contributed by atoms with Gasteiger partial charge in [-0.25, -0.2) is 9.78 Å². The second-order valence-corrected chi connectivity index (χ2v) is 4.70. The first kappa shape index (κ1) is 12.0. The highest BCUT2D eigenvalue weighted by atomic mass is 32.1. The smallest absolute Gasteiger partial charge is 0.369 e. The maximum absolute atomic E-state index is 11.9. The lowest BCUT2D eigenvalue weighted by molar-refractivity contribution is 0.302. The molecule has 0 radical (unpaired) electrons. The van der Waals surface area contributed by atoms with Crippen molar-refractivity contribution in [2.24, 2.45) is 7.05 Å². The van der Waals surface area contributed by atoms with E-state index in [1.165, 1.54) is 24.5 Å². The van der Waals surface area contributed by atoms with Gasteiger partial charge in [0.1, 0.15) is 6.61 Å². The number of ether oxygens (including phenoxy) is 1. The third kappa shape index (κ3) is 2.36. The predicted octanol–water partition coefficient (Wildman–Crippen LogP) is 0.632. The summed E-state index contributed by atoms with van der Waals surface area (Å²) in [5.41, 5.74) is 0.0205. The minimum atomic E-state index is -0.465. The van der Waals surface area contributed by atoms with Crippen LogP contribution in [-0.4, -0.2) is 29.9 Å². The van der Waals surface area contributed by atoms with Crippen LogP contribution in [0.25, 0.3) is 11.9 Å². The van der Waals surface area contributed by atoms with Crippen molar-refractivity contribution >= 4 is 17.4 Å². The van der Waals surface area contributed by atoms with Gasteiger partial charge in [-0.2, -0.15) is 4.68 Å². The van der Waals surface area contributed by atoms with E-state index in [9.17, 15) is 4.79 Å². The van der Waals surface area contributed by atoms with Crippen molar-refractivity contribution in [2.75, 3.05) is 0 Å². The summed E-state index contributed by atoms with van der Waals surface area (Å²) in [6.07, 6.45) is 1.58. The molecule has 3 heterocycles. The molecule has 0 amide bonds. The molecule has 0 atom stereocenters. The first-order chi connectivity index (χ1) is 10.6. The summed E-state index contributed by atoms with van der Waals surface area (Å²) in [7, 11) is 1.47. The Balaban J connectivity index is 1.95. The molecule has 0 aliphatic rings. The second kappa shape index (κ2) is 5.32. The number of aromatic nitrogens is 6. The number of nitrogens with zero attached hydrogens (tertiary/aromatic N) is 6. The molecule has 21 heavy (non-hydrogen) atoms. The minimum absolute atomic E-state index is 0.0379. The van der Waals surface area contributed by atoms with Gasteiger partial charge in [0.25, 0.3) is 5.19 Å². The first-order valence-corrected chi connectivity index (χ1v) is 6.63. The van der Waals surface area contributed by atoms with Crippen molar-refractivity contribution in [3.63, 3.8) is 0 Å². The summed E-state index contributed by atoms with van der Waals surface area (Å²) < 4.78 is 20.0. The maximum Gasteiger partial charge on any atom is 0.369 e. The van der Waals surface area contributed by atoms with E-state index in [0.29, 0.717) is 16.5 Å². The summed E-state index contributed by atoms with van der Waals surface area (Å²) in [5.74, 6) is 0.533. The molecule has 9 nitrogen and oxygen atoms in total. The number of hydrogen-bond acceptors (Lipinski definition) is 8. The summed E-state index contributed by atoms with van der Waals surface area (Å²) >= 11 is 1.20. The predicted molar refractivity (Wildman–Crippen MR) is 73.2 cm³/mol. The Kier molecular flexibility index (Phi) is 3.05. The molecule has 0 N–H and O–H groups in total. The molecule has 0 fully saturated rings. The van der Waals surface area contributed by atoms with Crippen molar-refractivity contribution in [3.8, 4) is 11.0 Å². The number of tetrazole rings is 1.